The Hall–Kier alpha value is -0.780. The first-order valence-electron chi connectivity index (χ1n) is 6.86. The van der Waals surface area contributed by atoms with E-state index in [9.17, 15) is 8.42 Å². The quantitative estimate of drug-likeness (QED) is 0.606. The molecule has 1 saturated heterocycles. The van der Waals surface area contributed by atoms with Gasteiger partial charge < -0.3 is 10.6 Å². The van der Waals surface area contributed by atoms with Gasteiger partial charge in [0.2, 0.25) is 0 Å². The summed E-state index contributed by atoms with van der Waals surface area (Å²) in [5.41, 5.74) is 5.92. The smallest absolute Gasteiger partial charge is 0.191 e. The number of aliphatic imine (C=N–C) groups is 1. The van der Waals surface area contributed by atoms with Crippen LogP contribution in [-0.2, 0) is 9.84 Å². The van der Waals surface area contributed by atoms with Gasteiger partial charge in [0.05, 0.1) is 17.5 Å². The van der Waals surface area contributed by atoms with E-state index in [1.165, 1.54) is 12.8 Å². The van der Waals surface area contributed by atoms with Crippen LogP contribution >= 0.6 is 0 Å². The van der Waals surface area contributed by atoms with E-state index in [-0.39, 0.29) is 11.0 Å². The molecule has 6 heteroatoms. The van der Waals surface area contributed by atoms with Crippen molar-refractivity contribution < 1.29 is 8.42 Å². The highest BCUT2D eigenvalue weighted by Crippen LogP contribution is 2.28. The van der Waals surface area contributed by atoms with Crippen molar-refractivity contribution in [3.63, 3.8) is 0 Å². The second-order valence-electron chi connectivity index (χ2n) is 5.21. The predicted octanol–water partition coefficient (Wildman–Crippen LogP) is 0.754. The van der Waals surface area contributed by atoms with Gasteiger partial charge in [-0.05, 0) is 25.7 Å². The SMILES string of the molecule is NC(=NCCS(=O)(=O)C1CC1)N1CCCCCC1. The van der Waals surface area contributed by atoms with Crippen LogP contribution in [0.25, 0.3) is 0 Å². The zero-order valence-corrected chi connectivity index (χ0v) is 11.7. The van der Waals surface area contributed by atoms with Crippen LogP contribution in [-0.4, -0.2) is 49.9 Å². The maximum Gasteiger partial charge on any atom is 0.191 e. The van der Waals surface area contributed by atoms with Crippen molar-refractivity contribution >= 4 is 15.8 Å². The number of hydrogen-bond donors (Lipinski definition) is 1. The highest BCUT2D eigenvalue weighted by atomic mass is 32.2. The van der Waals surface area contributed by atoms with Crippen molar-refractivity contribution in [2.45, 2.75) is 43.8 Å². The predicted molar refractivity (Wildman–Crippen MR) is 73.3 cm³/mol. The summed E-state index contributed by atoms with van der Waals surface area (Å²) in [6.07, 6.45) is 6.45. The lowest BCUT2D eigenvalue weighted by atomic mass is 10.2. The Morgan fingerprint density at radius 1 is 1.17 bits per heavy atom. The Bertz CT molecular complexity index is 394. The molecule has 1 heterocycles. The number of nitrogens with zero attached hydrogens (tertiary/aromatic N) is 2. The van der Waals surface area contributed by atoms with Crippen LogP contribution < -0.4 is 5.73 Å². The fourth-order valence-electron chi connectivity index (χ4n) is 2.28. The van der Waals surface area contributed by atoms with Crippen molar-refractivity contribution in [1.29, 1.82) is 0 Å². The van der Waals surface area contributed by atoms with Gasteiger partial charge in [-0.15, -0.1) is 0 Å². The second-order valence-corrected chi connectivity index (χ2v) is 7.61. The number of sulfone groups is 1. The summed E-state index contributed by atoms with van der Waals surface area (Å²) in [4.78, 5) is 6.31. The first kappa shape index (κ1) is 13.6. The van der Waals surface area contributed by atoms with Crippen LogP contribution in [0.2, 0.25) is 0 Å². The zero-order chi connectivity index (χ0) is 13.0. The molecule has 5 nitrogen and oxygen atoms in total. The van der Waals surface area contributed by atoms with Gasteiger partial charge in [-0.1, -0.05) is 12.8 Å². The molecule has 0 aromatic rings. The largest absolute Gasteiger partial charge is 0.370 e. The van der Waals surface area contributed by atoms with Crippen molar-refractivity contribution in [3.8, 4) is 0 Å². The lowest BCUT2D eigenvalue weighted by Crippen LogP contribution is -2.38. The van der Waals surface area contributed by atoms with Crippen LogP contribution in [0, 0.1) is 0 Å². The Kier molecular flexibility index (Phi) is 4.48. The molecule has 0 aromatic carbocycles. The maximum atomic E-state index is 11.7. The molecule has 0 radical (unpaired) electrons. The number of nitrogens with two attached hydrogens (primary N) is 1. The molecular weight excluding hydrogens is 250 g/mol. The molecule has 0 amide bonds. The lowest BCUT2D eigenvalue weighted by molar-refractivity contribution is 0.429. The van der Waals surface area contributed by atoms with Gasteiger partial charge in [-0.2, -0.15) is 0 Å². The Balaban J connectivity index is 1.80. The summed E-state index contributed by atoms with van der Waals surface area (Å²) in [6, 6.07) is 0. The van der Waals surface area contributed by atoms with E-state index >= 15 is 0 Å². The molecule has 2 fully saturated rings. The number of rotatable bonds is 4. The van der Waals surface area contributed by atoms with Gasteiger partial charge in [0, 0.05) is 13.1 Å². The number of hydrogen-bond acceptors (Lipinski definition) is 3. The first-order valence-corrected chi connectivity index (χ1v) is 8.57. The van der Waals surface area contributed by atoms with Gasteiger partial charge in [0.25, 0.3) is 0 Å². The van der Waals surface area contributed by atoms with Crippen molar-refractivity contribution in [1.82, 2.24) is 4.90 Å². The Morgan fingerprint density at radius 2 is 1.78 bits per heavy atom. The average molecular weight is 273 g/mol. The van der Waals surface area contributed by atoms with Crippen LogP contribution in [0.15, 0.2) is 4.99 Å². The minimum Gasteiger partial charge on any atom is -0.370 e. The third-order valence-electron chi connectivity index (χ3n) is 3.61. The molecule has 2 rings (SSSR count). The molecule has 2 aliphatic rings. The van der Waals surface area contributed by atoms with E-state index in [4.69, 9.17) is 5.73 Å². The summed E-state index contributed by atoms with van der Waals surface area (Å²) in [7, 11) is -2.90. The summed E-state index contributed by atoms with van der Waals surface area (Å²) in [5.74, 6) is 0.662. The second kappa shape index (κ2) is 5.91. The standard InChI is InChI=1S/C12H23N3O2S/c13-12(15-8-3-1-2-4-9-15)14-7-10-18(16,17)11-5-6-11/h11H,1-10H2,(H2,13,14). The summed E-state index contributed by atoms with van der Waals surface area (Å²) < 4.78 is 23.4. The molecule has 1 aliphatic heterocycles. The Labute approximate surface area is 109 Å². The van der Waals surface area contributed by atoms with Crippen molar-refractivity contribution in [3.05, 3.63) is 0 Å². The van der Waals surface area contributed by atoms with Crippen molar-refractivity contribution in [2.75, 3.05) is 25.4 Å². The lowest BCUT2D eigenvalue weighted by Gasteiger charge is -2.21. The molecule has 0 unspecified atom stereocenters. The highest BCUT2D eigenvalue weighted by Gasteiger charge is 2.34. The van der Waals surface area contributed by atoms with Crippen LogP contribution in [0.5, 0.6) is 0 Å². The molecular formula is C12H23N3O2S. The Morgan fingerprint density at radius 3 is 2.33 bits per heavy atom. The van der Waals surface area contributed by atoms with Gasteiger partial charge in [0.1, 0.15) is 0 Å². The number of guanidine groups is 1. The fraction of sp³-hybridized carbons (Fsp3) is 0.917. The van der Waals surface area contributed by atoms with Gasteiger partial charge in [-0.3, -0.25) is 4.99 Å². The zero-order valence-electron chi connectivity index (χ0n) is 10.8. The molecule has 0 spiro atoms. The van der Waals surface area contributed by atoms with E-state index in [0.717, 1.165) is 38.8 Å². The van der Waals surface area contributed by atoms with Gasteiger partial charge >= 0.3 is 0 Å². The van der Waals surface area contributed by atoms with E-state index in [2.05, 4.69) is 9.89 Å². The molecule has 0 atom stereocenters. The molecule has 1 saturated carbocycles. The van der Waals surface area contributed by atoms with Crippen LogP contribution in [0.1, 0.15) is 38.5 Å². The van der Waals surface area contributed by atoms with E-state index in [1.54, 1.807) is 0 Å². The summed E-state index contributed by atoms with van der Waals surface area (Å²) >= 11 is 0. The maximum absolute atomic E-state index is 11.7. The van der Waals surface area contributed by atoms with Crippen LogP contribution in [0.3, 0.4) is 0 Å². The highest BCUT2D eigenvalue weighted by molar-refractivity contribution is 7.92. The van der Waals surface area contributed by atoms with Crippen molar-refractivity contribution in [2.24, 2.45) is 10.7 Å². The van der Waals surface area contributed by atoms with Gasteiger partial charge in [-0.25, -0.2) is 8.42 Å². The summed E-state index contributed by atoms with van der Waals surface area (Å²) in [5, 5.41) is -0.0906. The van der Waals surface area contributed by atoms with Gasteiger partial charge in [0.15, 0.2) is 15.8 Å². The van der Waals surface area contributed by atoms with Crippen LogP contribution in [0.4, 0.5) is 0 Å². The molecule has 0 bridgehead atoms. The number of likely N-dealkylation sites (tertiary alicyclic amines) is 1. The fourth-order valence-corrected chi connectivity index (χ4v) is 3.81. The molecule has 104 valence electrons. The third-order valence-corrected chi connectivity index (χ3v) is 5.85. The topological polar surface area (TPSA) is 75.8 Å². The molecule has 0 aromatic heterocycles. The average Bonchev–Trinajstić information content (AvgIpc) is 3.16. The normalized spacial score (nSPS) is 22.9. The molecule has 1 aliphatic carbocycles. The van der Waals surface area contributed by atoms with E-state index < -0.39 is 9.84 Å². The first-order chi connectivity index (χ1) is 8.59. The molecule has 2 N–H and O–H groups in total. The minimum absolute atomic E-state index is 0.0906. The third kappa shape index (κ3) is 3.86. The monoisotopic (exact) mass is 273 g/mol. The minimum atomic E-state index is -2.90. The molecule has 18 heavy (non-hydrogen) atoms. The van der Waals surface area contributed by atoms with E-state index in [0.29, 0.717) is 12.5 Å². The summed E-state index contributed by atoms with van der Waals surface area (Å²) in [6.45, 7) is 2.20. The van der Waals surface area contributed by atoms with E-state index in [1.807, 2.05) is 0 Å².